The molecule has 0 aliphatic carbocycles. The van der Waals surface area contributed by atoms with Crippen molar-refractivity contribution in [3.05, 3.63) is 71.5 Å². The Balaban J connectivity index is 1.70. The third-order valence-electron chi connectivity index (χ3n) is 3.91. The Labute approximate surface area is 145 Å². The highest BCUT2D eigenvalue weighted by atomic mass is 16.5. The standard InChI is InChI=1S/C20H19NO4/c1-13(2)16-5-3-4-6-18(16)24-12-14-7-9-15(10-8-14)17-11-19(20(22)23)25-21-17/h3-11,13H,12H2,1-2H3,(H,22,23). The second-order valence-electron chi connectivity index (χ2n) is 6.06. The van der Waals surface area contributed by atoms with Crippen LogP contribution < -0.4 is 4.74 Å². The second kappa shape index (κ2) is 7.21. The quantitative estimate of drug-likeness (QED) is 0.703. The van der Waals surface area contributed by atoms with E-state index in [0.29, 0.717) is 18.2 Å². The van der Waals surface area contributed by atoms with Gasteiger partial charge in [-0.25, -0.2) is 4.79 Å². The molecule has 0 unspecified atom stereocenters. The lowest BCUT2D eigenvalue weighted by atomic mass is 10.0. The van der Waals surface area contributed by atoms with E-state index in [0.717, 1.165) is 16.9 Å². The van der Waals surface area contributed by atoms with Crippen molar-refractivity contribution in [3.8, 4) is 17.0 Å². The number of benzene rings is 2. The normalized spacial score (nSPS) is 10.8. The van der Waals surface area contributed by atoms with E-state index in [4.69, 9.17) is 14.4 Å². The van der Waals surface area contributed by atoms with Gasteiger partial charge in [-0.15, -0.1) is 0 Å². The molecule has 3 rings (SSSR count). The van der Waals surface area contributed by atoms with Crippen molar-refractivity contribution in [3.63, 3.8) is 0 Å². The first-order valence-corrected chi connectivity index (χ1v) is 8.05. The van der Waals surface area contributed by atoms with Gasteiger partial charge in [0.1, 0.15) is 18.1 Å². The zero-order valence-electron chi connectivity index (χ0n) is 14.1. The minimum absolute atomic E-state index is 0.173. The summed E-state index contributed by atoms with van der Waals surface area (Å²) >= 11 is 0. The fourth-order valence-electron chi connectivity index (χ4n) is 2.53. The van der Waals surface area contributed by atoms with Crippen LogP contribution in [0.15, 0.2) is 59.1 Å². The van der Waals surface area contributed by atoms with Gasteiger partial charge in [-0.1, -0.05) is 61.5 Å². The lowest BCUT2D eigenvalue weighted by Crippen LogP contribution is -1.99. The van der Waals surface area contributed by atoms with Gasteiger partial charge in [0.05, 0.1) is 0 Å². The van der Waals surface area contributed by atoms with Crippen LogP contribution in [0.1, 0.15) is 41.4 Å². The molecule has 0 spiro atoms. The SMILES string of the molecule is CC(C)c1ccccc1OCc1ccc(-c2cc(C(=O)O)on2)cc1. The molecule has 0 saturated carbocycles. The molecular weight excluding hydrogens is 318 g/mol. The molecule has 0 aliphatic heterocycles. The van der Waals surface area contributed by atoms with Crippen molar-refractivity contribution in [2.45, 2.75) is 26.4 Å². The number of rotatable bonds is 6. The number of carboxylic acids is 1. The Morgan fingerprint density at radius 1 is 1.16 bits per heavy atom. The second-order valence-corrected chi connectivity index (χ2v) is 6.06. The molecule has 0 saturated heterocycles. The maximum atomic E-state index is 10.8. The average Bonchev–Trinajstić information content (AvgIpc) is 3.11. The molecule has 0 aliphatic rings. The summed E-state index contributed by atoms with van der Waals surface area (Å²) < 4.78 is 10.7. The molecular formula is C20H19NO4. The van der Waals surface area contributed by atoms with Crippen LogP contribution in [0.5, 0.6) is 5.75 Å². The van der Waals surface area contributed by atoms with Crippen LogP contribution in [0.3, 0.4) is 0 Å². The lowest BCUT2D eigenvalue weighted by molar-refractivity contribution is 0.0652. The predicted molar refractivity (Wildman–Crippen MR) is 93.8 cm³/mol. The molecule has 0 atom stereocenters. The maximum absolute atomic E-state index is 10.8. The van der Waals surface area contributed by atoms with Crippen LogP contribution in [-0.2, 0) is 6.61 Å². The Kier molecular flexibility index (Phi) is 4.84. The van der Waals surface area contributed by atoms with Gasteiger partial charge in [-0.2, -0.15) is 0 Å². The van der Waals surface area contributed by atoms with Crippen LogP contribution in [0.4, 0.5) is 0 Å². The number of hydrogen-bond acceptors (Lipinski definition) is 4. The van der Waals surface area contributed by atoms with Crippen molar-refractivity contribution >= 4 is 5.97 Å². The highest BCUT2D eigenvalue weighted by Crippen LogP contribution is 2.27. The van der Waals surface area contributed by atoms with Gasteiger partial charge >= 0.3 is 5.97 Å². The summed E-state index contributed by atoms with van der Waals surface area (Å²) in [7, 11) is 0. The van der Waals surface area contributed by atoms with Crippen LogP contribution >= 0.6 is 0 Å². The summed E-state index contributed by atoms with van der Waals surface area (Å²) in [5.41, 5.74) is 3.49. The van der Waals surface area contributed by atoms with E-state index in [-0.39, 0.29) is 5.76 Å². The number of hydrogen-bond donors (Lipinski definition) is 1. The largest absolute Gasteiger partial charge is 0.489 e. The van der Waals surface area contributed by atoms with E-state index < -0.39 is 5.97 Å². The van der Waals surface area contributed by atoms with Crippen molar-refractivity contribution in [1.82, 2.24) is 5.16 Å². The molecule has 5 nitrogen and oxygen atoms in total. The zero-order chi connectivity index (χ0) is 17.8. The summed E-state index contributed by atoms with van der Waals surface area (Å²) in [5.74, 6) is -0.0151. The van der Waals surface area contributed by atoms with E-state index in [1.165, 1.54) is 11.6 Å². The molecule has 5 heteroatoms. The van der Waals surface area contributed by atoms with Gasteiger partial charge in [0.15, 0.2) is 0 Å². The minimum atomic E-state index is -1.13. The van der Waals surface area contributed by atoms with Gasteiger partial charge in [-0.05, 0) is 23.1 Å². The van der Waals surface area contributed by atoms with Crippen LogP contribution in [0.2, 0.25) is 0 Å². The van der Waals surface area contributed by atoms with E-state index >= 15 is 0 Å². The number of carboxylic acid groups (broad SMARTS) is 1. The third kappa shape index (κ3) is 3.88. The van der Waals surface area contributed by atoms with Gasteiger partial charge in [0.2, 0.25) is 5.76 Å². The Morgan fingerprint density at radius 2 is 1.88 bits per heavy atom. The Morgan fingerprint density at radius 3 is 2.52 bits per heavy atom. The van der Waals surface area contributed by atoms with Crippen LogP contribution in [-0.4, -0.2) is 16.2 Å². The van der Waals surface area contributed by atoms with Crippen LogP contribution in [0, 0.1) is 0 Å². The number of nitrogens with zero attached hydrogens (tertiary/aromatic N) is 1. The summed E-state index contributed by atoms with van der Waals surface area (Å²) in [4.78, 5) is 10.8. The summed E-state index contributed by atoms with van der Waals surface area (Å²) in [6.07, 6.45) is 0. The molecule has 0 radical (unpaired) electrons. The number of ether oxygens (including phenoxy) is 1. The van der Waals surface area contributed by atoms with Gasteiger partial charge in [0.25, 0.3) is 0 Å². The van der Waals surface area contributed by atoms with Crippen LogP contribution in [0.25, 0.3) is 11.3 Å². The lowest BCUT2D eigenvalue weighted by Gasteiger charge is -2.14. The molecule has 128 valence electrons. The first-order chi connectivity index (χ1) is 12.0. The Bertz CT molecular complexity index is 865. The fraction of sp³-hybridized carbons (Fsp3) is 0.200. The highest BCUT2D eigenvalue weighted by Gasteiger charge is 2.12. The van der Waals surface area contributed by atoms with E-state index in [9.17, 15) is 4.79 Å². The summed E-state index contributed by atoms with van der Waals surface area (Å²) in [5, 5.41) is 12.7. The van der Waals surface area contributed by atoms with Crippen molar-refractivity contribution in [1.29, 1.82) is 0 Å². The molecule has 3 aromatic rings. The van der Waals surface area contributed by atoms with Crippen molar-refractivity contribution in [2.24, 2.45) is 0 Å². The predicted octanol–water partition coefficient (Wildman–Crippen LogP) is 4.74. The Hall–Kier alpha value is -3.08. The number of aromatic carboxylic acids is 1. The smallest absolute Gasteiger partial charge is 0.374 e. The van der Waals surface area contributed by atoms with Gasteiger partial charge in [-0.3, -0.25) is 0 Å². The maximum Gasteiger partial charge on any atom is 0.374 e. The first-order valence-electron chi connectivity index (χ1n) is 8.05. The molecule has 2 aromatic carbocycles. The molecule has 1 N–H and O–H groups in total. The molecule has 1 heterocycles. The minimum Gasteiger partial charge on any atom is -0.489 e. The van der Waals surface area contributed by atoms with E-state index in [2.05, 4.69) is 25.1 Å². The van der Waals surface area contributed by atoms with Gasteiger partial charge < -0.3 is 14.4 Å². The monoisotopic (exact) mass is 337 g/mol. The summed E-state index contributed by atoms with van der Waals surface area (Å²) in [6.45, 7) is 4.74. The van der Waals surface area contributed by atoms with Crippen molar-refractivity contribution < 1.29 is 19.2 Å². The summed E-state index contributed by atoms with van der Waals surface area (Å²) in [6, 6.07) is 17.1. The van der Waals surface area contributed by atoms with E-state index in [1.807, 2.05) is 42.5 Å². The number of para-hydroxylation sites is 1. The van der Waals surface area contributed by atoms with E-state index in [1.54, 1.807) is 0 Å². The number of aromatic nitrogens is 1. The zero-order valence-corrected chi connectivity index (χ0v) is 14.1. The average molecular weight is 337 g/mol. The first kappa shape index (κ1) is 16.8. The molecule has 0 amide bonds. The molecule has 0 fully saturated rings. The van der Waals surface area contributed by atoms with Gasteiger partial charge in [0, 0.05) is 11.6 Å². The third-order valence-corrected chi connectivity index (χ3v) is 3.91. The molecule has 1 aromatic heterocycles. The number of carbonyl (C=O) groups is 1. The van der Waals surface area contributed by atoms with Crippen molar-refractivity contribution in [2.75, 3.05) is 0 Å². The fourth-order valence-corrected chi connectivity index (χ4v) is 2.53. The topological polar surface area (TPSA) is 72.6 Å². The highest BCUT2D eigenvalue weighted by molar-refractivity contribution is 5.85. The molecule has 25 heavy (non-hydrogen) atoms. The molecule has 0 bridgehead atoms.